The summed E-state index contributed by atoms with van der Waals surface area (Å²) in [7, 11) is 0. The predicted octanol–water partition coefficient (Wildman–Crippen LogP) is 6.36. The number of carboxylic acids is 1. The number of ether oxygens (including phenoxy) is 1. The van der Waals surface area contributed by atoms with Gasteiger partial charge in [-0.2, -0.15) is 0 Å². The minimum atomic E-state index is -0.945. The van der Waals surface area contributed by atoms with E-state index in [2.05, 4.69) is 6.58 Å². The Hall–Kier alpha value is -4.05. The molecule has 0 aromatic heterocycles. The molecule has 4 aromatic carbocycles. The van der Waals surface area contributed by atoms with Crippen molar-refractivity contribution < 1.29 is 19.7 Å². The van der Waals surface area contributed by atoms with Crippen molar-refractivity contribution in [2.45, 2.75) is 5.92 Å². The zero-order valence-corrected chi connectivity index (χ0v) is 16.2. The lowest BCUT2D eigenvalue weighted by Gasteiger charge is -2.16. The molecule has 0 bridgehead atoms. The first-order valence-corrected chi connectivity index (χ1v) is 9.51. The lowest BCUT2D eigenvalue weighted by molar-refractivity contribution is -0.137. The molecule has 4 rings (SSSR count). The number of aliphatic carboxylic acids is 1. The Kier molecular flexibility index (Phi) is 5.22. The monoisotopic (exact) mass is 396 g/mol. The zero-order chi connectivity index (χ0) is 21.1. The van der Waals surface area contributed by atoms with Crippen molar-refractivity contribution in [1.82, 2.24) is 0 Å². The number of carboxylic acid groups (broad SMARTS) is 1. The number of fused-ring (bicyclic) bond motifs is 1. The fourth-order valence-corrected chi connectivity index (χ4v) is 3.48. The van der Waals surface area contributed by atoms with Crippen molar-refractivity contribution in [3.8, 4) is 28.4 Å². The van der Waals surface area contributed by atoms with Crippen LogP contribution in [-0.2, 0) is 4.79 Å². The first-order valence-electron chi connectivity index (χ1n) is 9.51. The van der Waals surface area contributed by atoms with E-state index in [1.165, 1.54) is 6.08 Å². The first-order chi connectivity index (χ1) is 14.6. The van der Waals surface area contributed by atoms with E-state index in [1.807, 2.05) is 48.5 Å². The highest BCUT2D eigenvalue weighted by Gasteiger charge is 2.17. The van der Waals surface area contributed by atoms with Crippen LogP contribution in [0, 0.1) is 0 Å². The number of carbonyl (C=O) groups is 1. The maximum Gasteiger partial charge on any atom is 0.314 e. The third-order valence-corrected chi connectivity index (χ3v) is 5.00. The third kappa shape index (κ3) is 3.76. The molecule has 4 nitrogen and oxygen atoms in total. The van der Waals surface area contributed by atoms with Gasteiger partial charge in [0, 0.05) is 10.9 Å². The molecule has 0 fully saturated rings. The average Bonchev–Trinajstić information content (AvgIpc) is 2.76. The summed E-state index contributed by atoms with van der Waals surface area (Å²) in [5, 5.41) is 20.9. The topological polar surface area (TPSA) is 66.8 Å². The van der Waals surface area contributed by atoms with E-state index >= 15 is 0 Å². The maximum absolute atomic E-state index is 11.4. The molecular weight excluding hydrogens is 376 g/mol. The quantitative estimate of drug-likeness (QED) is 0.372. The van der Waals surface area contributed by atoms with Gasteiger partial charge in [0.15, 0.2) is 0 Å². The summed E-state index contributed by atoms with van der Waals surface area (Å²) in [5.41, 5.74) is 2.57. The Balaban J connectivity index is 1.79. The summed E-state index contributed by atoms with van der Waals surface area (Å²) in [4.78, 5) is 11.4. The second-order valence-corrected chi connectivity index (χ2v) is 6.94. The lowest BCUT2D eigenvalue weighted by atomic mass is 9.98. The minimum Gasteiger partial charge on any atom is -0.508 e. The van der Waals surface area contributed by atoms with Gasteiger partial charge in [0.2, 0.25) is 0 Å². The number of aromatic hydroxyl groups is 1. The summed E-state index contributed by atoms with van der Waals surface area (Å²) >= 11 is 0. The molecule has 0 aliphatic carbocycles. The van der Waals surface area contributed by atoms with Crippen LogP contribution < -0.4 is 4.74 Å². The number of phenols is 1. The van der Waals surface area contributed by atoms with E-state index in [1.54, 1.807) is 36.4 Å². The van der Waals surface area contributed by atoms with Gasteiger partial charge in [-0.3, -0.25) is 4.79 Å². The summed E-state index contributed by atoms with van der Waals surface area (Å²) < 4.78 is 6.29. The molecule has 148 valence electrons. The van der Waals surface area contributed by atoms with Gasteiger partial charge in [-0.05, 0) is 52.9 Å². The van der Waals surface area contributed by atoms with Crippen molar-refractivity contribution in [3.63, 3.8) is 0 Å². The second-order valence-electron chi connectivity index (χ2n) is 6.94. The van der Waals surface area contributed by atoms with Gasteiger partial charge in [0.25, 0.3) is 0 Å². The summed E-state index contributed by atoms with van der Waals surface area (Å²) in [5.74, 6) is -0.262. The van der Waals surface area contributed by atoms with Crippen molar-refractivity contribution >= 4 is 16.7 Å². The molecule has 0 amide bonds. The molecule has 2 N–H and O–H groups in total. The minimum absolute atomic E-state index is 0.189. The highest BCUT2D eigenvalue weighted by molar-refractivity contribution is 5.96. The largest absolute Gasteiger partial charge is 0.508 e. The van der Waals surface area contributed by atoms with Crippen LogP contribution in [0.25, 0.3) is 21.9 Å². The van der Waals surface area contributed by atoms with Crippen molar-refractivity contribution in [2.75, 3.05) is 0 Å². The van der Waals surface area contributed by atoms with Crippen LogP contribution >= 0.6 is 0 Å². The highest BCUT2D eigenvalue weighted by atomic mass is 16.5. The van der Waals surface area contributed by atoms with Gasteiger partial charge in [-0.1, -0.05) is 54.6 Å². The molecule has 0 saturated heterocycles. The van der Waals surface area contributed by atoms with Gasteiger partial charge in [0.05, 0.1) is 5.92 Å². The first kappa shape index (κ1) is 19.3. The van der Waals surface area contributed by atoms with Crippen molar-refractivity contribution in [2.24, 2.45) is 0 Å². The van der Waals surface area contributed by atoms with Gasteiger partial charge in [-0.15, -0.1) is 6.58 Å². The number of rotatable bonds is 6. The maximum atomic E-state index is 11.4. The fraction of sp³-hybridized carbons (Fsp3) is 0.0385. The predicted molar refractivity (Wildman–Crippen MR) is 118 cm³/mol. The number of hydrogen-bond donors (Lipinski definition) is 2. The van der Waals surface area contributed by atoms with Gasteiger partial charge in [-0.25, -0.2) is 0 Å². The van der Waals surface area contributed by atoms with E-state index in [0.717, 1.165) is 21.9 Å². The molecule has 0 radical (unpaired) electrons. The average molecular weight is 396 g/mol. The van der Waals surface area contributed by atoms with Crippen LogP contribution in [0.2, 0.25) is 0 Å². The van der Waals surface area contributed by atoms with Crippen LogP contribution in [0.5, 0.6) is 17.2 Å². The summed E-state index contributed by atoms with van der Waals surface area (Å²) in [6.45, 7) is 3.60. The Labute approximate surface area is 174 Å². The van der Waals surface area contributed by atoms with E-state index in [0.29, 0.717) is 17.1 Å². The molecule has 30 heavy (non-hydrogen) atoms. The standard InChI is InChI=1S/C26H20O4/c1-2-22(26(28)29)18-8-12-21(13-9-18)30-25-23(17-6-4-3-5-7-17)14-10-19-16-20(27)11-15-24(19)25/h2-16,22,27H,1H2,(H,28,29). The lowest BCUT2D eigenvalue weighted by Crippen LogP contribution is -2.08. The number of benzene rings is 4. The molecule has 0 aliphatic rings. The molecule has 0 saturated carbocycles. The third-order valence-electron chi connectivity index (χ3n) is 5.00. The molecule has 1 unspecified atom stereocenters. The van der Waals surface area contributed by atoms with Gasteiger partial charge in [0.1, 0.15) is 17.2 Å². The number of hydrogen-bond acceptors (Lipinski definition) is 3. The van der Waals surface area contributed by atoms with Gasteiger partial charge < -0.3 is 14.9 Å². The Morgan fingerprint density at radius 3 is 2.33 bits per heavy atom. The molecule has 0 heterocycles. The molecule has 4 heteroatoms. The highest BCUT2D eigenvalue weighted by Crippen LogP contribution is 2.40. The van der Waals surface area contributed by atoms with Crippen LogP contribution in [0.1, 0.15) is 11.5 Å². The van der Waals surface area contributed by atoms with E-state index < -0.39 is 11.9 Å². The normalized spacial score (nSPS) is 11.7. The fourth-order valence-electron chi connectivity index (χ4n) is 3.48. The number of phenolic OH excluding ortho intramolecular Hbond substituents is 1. The van der Waals surface area contributed by atoms with Crippen LogP contribution in [-0.4, -0.2) is 16.2 Å². The Bertz CT molecular complexity index is 1210. The molecule has 0 spiro atoms. The van der Waals surface area contributed by atoms with E-state index in [4.69, 9.17) is 4.74 Å². The zero-order valence-electron chi connectivity index (χ0n) is 16.2. The van der Waals surface area contributed by atoms with Crippen molar-refractivity contribution in [3.05, 3.63) is 103 Å². The van der Waals surface area contributed by atoms with Crippen LogP contribution in [0.3, 0.4) is 0 Å². The molecule has 1 atom stereocenters. The van der Waals surface area contributed by atoms with Crippen LogP contribution in [0.4, 0.5) is 0 Å². The Morgan fingerprint density at radius 1 is 0.933 bits per heavy atom. The van der Waals surface area contributed by atoms with Crippen LogP contribution in [0.15, 0.2) is 97.6 Å². The Morgan fingerprint density at radius 2 is 1.67 bits per heavy atom. The van der Waals surface area contributed by atoms with E-state index in [-0.39, 0.29) is 5.75 Å². The SMILES string of the molecule is C=CC(C(=O)O)c1ccc(Oc2c(-c3ccccc3)ccc3cc(O)ccc23)cc1. The van der Waals surface area contributed by atoms with E-state index in [9.17, 15) is 15.0 Å². The molecule has 4 aromatic rings. The molecule has 0 aliphatic heterocycles. The summed E-state index contributed by atoms with van der Waals surface area (Å²) in [6, 6.07) is 26.0. The smallest absolute Gasteiger partial charge is 0.314 e. The second kappa shape index (κ2) is 8.13. The van der Waals surface area contributed by atoms with Gasteiger partial charge >= 0.3 is 5.97 Å². The molecular formula is C26H20O4. The summed E-state index contributed by atoms with van der Waals surface area (Å²) in [6.07, 6.45) is 1.41. The van der Waals surface area contributed by atoms with Crippen molar-refractivity contribution in [1.29, 1.82) is 0 Å².